The number of piperidine rings is 1. The molecule has 1 aromatic rings. The van der Waals surface area contributed by atoms with Gasteiger partial charge in [0, 0.05) is 12.6 Å². The van der Waals surface area contributed by atoms with Crippen LogP contribution in [0.5, 0.6) is 0 Å². The monoisotopic (exact) mass is 353 g/mol. The zero-order valence-electron chi connectivity index (χ0n) is 14.3. The summed E-state index contributed by atoms with van der Waals surface area (Å²) < 4.78 is 0. The molecule has 1 heterocycles. The van der Waals surface area contributed by atoms with E-state index in [4.69, 9.17) is 0 Å². The van der Waals surface area contributed by atoms with Gasteiger partial charge in [-0.15, -0.1) is 12.4 Å². The smallest absolute Gasteiger partial charge is 0.242 e. The third kappa shape index (κ3) is 6.49. The standard InChI is InChI=1S/C18H27N3O2.ClH/c1-2-12-21(16-8-10-19-11-9-16)18(23)14-20-17(22)13-15-6-4-3-5-7-15;/h3-7,16,19H,2,8-14H2,1H3,(H,20,22);1H. The van der Waals surface area contributed by atoms with Crippen molar-refractivity contribution in [3.05, 3.63) is 35.9 Å². The Bertz CT molecular complexity index is 504. The Kier molecular flexibility index (Phi) is 9.42. The Morgan fingerprint density at radius 2 is 1.88 bits per heavy atom. The molecule has 0 bridgehead atoms. The molecule has 1 fully saturated rings. The summed E-state index contributed by atoms with van der Waals surface area (Å²) in [6.45, 7) is 4.85. The fourth-order valence-corrected chi connectivity index (χ4v) is 2.99. The molecule has 0 saturated carbocycles. The second-order valence-corrected chi connectivity index (χ2v) is 6.01. The van der Waals surface area contributed by atoms with Gasteiger partial charge in [-0.05, 0) is 37.9 Å². The Balaban J connectivity index is 0.00000288. The molecule has 2 amide bonds. The van der Waals surface area contributed by atoms with Gasteiger partial charge in [0.2, 0.25) is 11.8 Å². The van der Waals surface area contributed by atoms with E-state index in [0.29, 0.717) is 12.5 Å². The molecule has 1 aromatic carbocycles. The predicted molar refractivity (Wildman–Crippen MR) is 98.3 cm³/mol. The highest BCUT2D eigenvalue weighted by Gasteiger charge is 2.24. The number of benzene rings is 1. The number of amides is 2. The molecule has 5 nitrogen and oxygen atoms in total. The number of nitrogens with one attached hydrogen (secondary N) is 2. The van der Waals surface area contributed by atoms with Gasteiger partial charge in [0.15, 0.2) is 0 Å². The number of hydrogen-bond acceptors (Lipinski definition) is 3. The number of hydrogen-bond donors (Lipinski definition) is 2. The van der Waals surface area contributed by atoms with E-state index < -0.39 is 0 Å². The van der Waals surface area contributed by atoms with Gasteiger partial charge in [0.05, 0.1) is 13.0 Å². The number of halogens is 1. The third-order valence-electron chi connectivity index (χ3n) is 4.18. The Morgan fingerprint density at radius 3 is 2.50 bits per heavy atom. The quantitative estimate of drug-likeness (QED) is 0.785. The van der Waals surface area contributed by atoms with Crippen molar-refractivity contribution in [2.75, 3.05) is 26.2 Å². The van der Waals surface area contributed by atoms with Crippen LogP contribution in [-0.2, 0) is 16.0 Å². The van der Waals surface area contributed by atoms with E-state index in [2.05, 4.69) is 17.6 Å². The van der Waals surface area contributed by atoms with Gasteiger partial charge in [0.1, 0.15) is 0 Å². The van der Waals surface area contributed by atoms with Gasteiger partial charge < -0.3 is 15.5 Å². The van der Waals surface area contributed by atoms with E-state index >= 15 is 0 Å². The van der Waals surface area contributed by atoms with Crippen LogP contribution in [-0.4, -0.2) is 48.9 Å². The Morgan fingerprint density at radius 1 is 1.21 bits per heavy atom. The summed E-state index contributed by atoms with van der Waals surface area (Å²) in [5.41, 5.74) is 0.959. The summed E-state index contributed by atoms with van der Waals surface area (Å²) in [5.74, 6) is -0.0773. The first-order valence-electron chi connectivity index (χ1n) is 8.51. The average molecular weight is 354 g/mol. The van der Waals surface area contributed by atoms with Crippen molar-refractivity contribution in [3.8, 4) is 0 Å². The molecular formula is C18H28ClN3O2. The van der Waals surface area contributed by atoms with Crippen molar-refractivity contribution in [1.29, 1.82) is 0 Å². The van der Waals surface area contributed by atoms with Crippen molar-refractivity contribution in [2.24, 2.45) is 0 Å². The average Bonchev–Trinajstić information content (AvgIpc) is 2.59. The van der Waals surface area contributed by atoms with Crippen molar-refractivity contribution in [3.63, 3.8) is 0 Å². The summed E-state index contributed by atoms with van der Waals surface area (Å²) in [5, 5.41) is 6.08. The van der Waals surface area contributed by atoms with Gasteiger partial charge in [-0.3, -0.25) is 9.59 Å². The molecule has 6 heteroatoms. The minimum absolute atomic E-state index is 0. The second-order valence-electron chi connectivity index (χ2n) is 6.01. The van der Waals surface area contributed by atoms with Crippen LogP contribution in [0.25, 0.3) is 0 Å². The second kappa shape index (κ2) is 11.0. The zero-order valence-corrected chi connectivity index (χ0v) is 15.1. The lowest BCUT2D eigenvalue weighted by Crippen LogP contribution is -2.49. The highest BCUT2D eigenvalue weighted by molar-refractivity contribution is 5.86. The molecule has 1 saturated heterocycles. The SMILES string of the molecule is CCCN(C(=O)CNC(=O)Cc1ccccc1)C1CCNCC1.Cl. The molecule has 0 aliphatic carbocycles. The van der Waals surface area contributed by atoms with Crippen LogP contribution in [0.2, 0.25) is 0 Å². The molecule has 2 rings (SSSR count). The number of carbonyl (C=O) groups is 2. The first-order valence-corrected chi connectivity index (χ1v) is 8.51. The highest BCUT2D eigenvalue weighted by Crippen LogP contribution is 2.12. The summed E-state index contributed by atoms with van der Waals surface area (Å²) in [6, 6.07) is 9.88. The molecule has 134 valence electrons. The maximum absolute atomic E-state index is 12.5. The minimum atomic E-state index is -0.105. The van der Waals surface area contributed by atoms with E-state index in [-0.39, 0.29) is 30.8 Å². The van der Waals surface area contributed by atoms with Crippen LogP contribution < -0.4 is 10.6 Å². The molecule has 24 heavy (non-hydrogen) atoms. The lowest BCUT2D eigenvalue weighted by Gasteiger charge is -2.34. The Labute approximate surface area is 150 Å². The maximum Gasteiger partial charge on any atom is 0.242 e. The molecule has 1 aliphatic rings. The van der Waals surface area contributed by atoms with Crippen LogP contribution in [0.4, 0.5) is 0 Å². The fourth-order valence-electron chi connectivity index (χ4n) is 2.99. The Hall–Kier alpha value is -1.59. The van der Waals surface area contributed by atoms with Gasteiger partial charge >= 0.3 is 0 Å². The van der Waals surface area contributed by atoms with Crippen LogP contribution in [0.3, 0.4) is 0 Å². The third-order valence-corrected chi connectivity index (χ3v) is 4.18. The minimum Gasteiger partial charge on any atom is -0.347 e. The van der Waals surface area contributed by atoms with E-state index in [1.807, 2.05) is 35.2 Å². The molecule has 0 unspecified atom stereocenters. The van der Waals surface area contributed by atoms with Gasteiger partial charge in [-0.2, -0.15) is 0 Å². The highest BCUT2D eigenvalue weighted by atomic mass is 35.5. The summed E-state index contributed by atoms with van der Waals surface area (Å²) >= 11 is 0. The molecule has 0 radical (unpaired) electrons. The number of nitrogens with zero attached hydrogens (tertiary/aromatic N) is 1. The number of carbonyl (C=O) groups excluding carboxylic acids is 2. The summed E-state index contributed by atoms with van der Waals surface area (Å²) in [7, 11) is 0. The molecule has 0 aromatic heterocycles. The van der Waals surface area contributed by atoms with Crippen LogP contribution in [0, 0.1) is 0 Å². The molecule has 1 aliphatic heterocycles. The molecular weight excluding hydrogens is 326 g/mol. The van der Waals surface area contributed by atoms with E-state index in [1.165, 1.54) is 0 Å². The van der Waals surface area contributed by atoms with Gasteiger partial charge in [-0.25, -0.2) is 0 Å². The lowest BCUT2D eigenvalue weighted by atomic mass is 10.0. The maximum atomic E-state index is 12.5. The van der Waals surface area contributed by atoms with Crippen LogP contribution in [0.15, 0.2) is 30.3 Å². The summed E-state index contributed by atoms with van der Waals surface area (Å²) in [6.07, 6.45) is 3.23. The number of rotatable bonds is 7. The first-order chi connectivity index (χ1) is 11.2. The molecule has 0 spiro atoms. The van der Waals surface area contributed by atoms with E-state index in [1.54, 1.807) is 0 Å². The largest absolute Gasteiger partial charge is 0.347 e. The van der Waals surface area contributed by atoms with Crippen molar-refractivity contribution < 1.29 is 9.59 Å². The fraction of sp³-hybridized carbons (Fsp3) is 0.556. The van der Waals surface area contributed by atoms with E-state index in [0.717, 1.165) is 44.5 Å². The van der Waals surface area contributed by atoms with Crippen molar-refractivity contribution >= 4 is 24.2 Å². The van der Waals surface area contributed by atoms with Crippen LogP contribution in [0.1, 0.15) is 31.7 Å². The normalized spacial score (nSPS) is 14.5. The molecule has 2 N–H and O–H groups in total. The van der Waals surface area contributed by atoms with Crippen molar-refractivity contribution in [1.82, 2.24) is 15.5 Å². The predicted octanol–water partition coefficient (Wildman–Crippen LogP) is 1.76. The van der Waals surface area contributed by atoms with E-state index in [9.17, 15) is 9.59 Å². The molecule has 0 atom stereocenters. The first kappa shape index (κ1) is 20.5. The van der Waals surface area contributed by atoms with Crippen LogP contribution >= 0.6 is 12.4 Å². The van der Waals surface area contributed by atoms with Gasteiger partial charge in [0.25, 0.3) is 0 Å². The topological polar surface area (TPSA) is 61.4 Å². The summed E-state index contributed by atoms with van der Waals surface area (Å²) in [4.78, 5) is 26.4. The van der Waals surface area contributed by atoms with Gasteiger partial charge in [-0.1, -0.05) is 37.3 Å². The lowest BCUT2D eigenvalue weighted by molar-refractivity contribution is -0.135. The van der Waals surface area contributed by atoms with Crippen molar-refractivity contribution in [2.45, 2.75) is 38.6 Å². The zero-order chi connectivity index (χ0) is 16.5.